The lowest BCUT2D eigenvalue weighted by Crippen LogP contribution is -2.32. The van der Waals surface area contributed by atoms with Crippen LogP contribution in [0.25, 0.3) is 0 Å². The molecule has 5 nitrogen and oxygen atoms in total. The molecular weight excluding hydrogens is 264 g/mol. The van der Waals surface area contributed by atoms with E-state index in [-0.39, 0.29) is 10.6 Å². The Morgan fingerprint density at radius 3 is 2.89 bits per heavy atom. The van der Waals surface area contributed by atoms with Gasteiger partial charge in [-0.25, -0.2) is 4.68 Å². The quantitative estimate of drug-likeness (QED) is 0.910. The number of aromatic nitrogens is 2. The minimum atomic E-state index is -0.204. The van der Waals surface area contributed by atoms with E-state index in [0.29, 0.717) is 25.0 Å². The fourth-order valence-corrected chi connectivity index (χ4v) is 2.93. The molecule has 1 fully saturated rings. The predicted molar refractivity (Wildman–Crippen MR) is 77.8 cm³/mol. The molecule has 0 bridgehead atoms. The van der Waals surface area contributed by atoms with Crippen LogP contribution in [0.3, 0.4) is 0 Å². The number of nitrogens with two attached hydrogens (primary N) is 1. The van der Waals surface area contributed by atoms with E-state index in [1.807, 2.05) is 6.92 Å². The van der Waals surface area contributed by atoms with Gasteiger partial charge in [-0.3, -0.25) is 4.79 Å². The average Bonchev–Trinajstić information content (AvgIpc) is 2.77. The molecular formula is C13H21ClN4O. The lowest BCUT2D eigenvalue weighted by molar-refractivity contribution is 0.566. The topological polar surface area (TPSA) is 64.2 Å². The van der Waals surface area contributed by atoms with Crippen molar-refractivity contribution in [1.82, 2.24) is 9.78 Å². The second-order valence-corrected chi connectivity index (χ2v) is 5.59. The van der Waals surface area contributed by atoms with Gasteiger partial charge in [0.1, 0.15) is 5.02 Å². The van der Waals surface area contributed by atoms with Crippen LogP contribution in [0.2, 0.25) is 5.02 Å². The highest BCUT2D eigenvalue weighted by atomic mass is 35.5. The molecule has 6 heteroatoms. The zero-order valence-corrected chi connectivity index (χ0v) is 12.2. The number of nitrogens with zero attached hydrogens (tertiary/aromatic N) is 3. The third-order valence-corrected chi connectivity index (χ3v) is 4.06. The smallest absolute Gasteiger partial charge is 0.287 e. The third-order valence-electron chi connectivity index (χ3n) is 3.71. The monoisotopic (exact) mass is 284 g/mol. The maximum absolute atomic E-state index is 12.1. The van der Waals surface area contributed by atoms with Crippen molar-refractivity contribution in [2.24, 2.45) is 11.7 Å². The van der Waals surface area contributed by atoms with Crippen LogP contribution in [0.5, 0.6) is 0 Å². The SMILES string of the molecule is CCCn1ncc(N2CC(CN)CC2C)c(Cl)c1=O. The molecule has 1 aliphatic heterocycles. The first-order valence-electron chi connectivity index (χ1n) is 6.80. The normalized spacial score (nSPS) is 23.1. The molecule has 2 N–H and O–H groups in total. The summed E-state index contributed by atoms with van der Waals surface area (Å²) in [4.78, 5) is 14.3. The molecule has 0 spiro atoms. The summed E-state index contributed by atoms with van der Waals surface area (Å²) in [7, 11) is 0. The van der Waals surface area contributed by atoms with E-state index in [0.717, 1.165) is 25.1 Å². The molecule has 2 heterocycles. The molecule has 0 radical (unpaired) electrons. The molecule has 106 valence electrons. The summed E-state index contributed by atoms with van der Waals surface area (Å²) in [6.07, 6.45) is 3.59. The van der Waals surface area contributed by atoms with Crippen LogP contribution in [-0.4, -0.2) is 28.9 Å². The fraction of sp³-hybridized carbons (Fsp3) is 0.692. The van der Waals surface area contributed by atoms with Crippen molar-refractivity contribution >= 4 is 17.3 Å². The van der Waals surface area contributed by atoms with E-state index < -0.39 is 0 Å². The molecule has 2 unspecified atom stereocenters. The first kappa shape index (κ1) is 14.3. The Hall–Kier alpha value is -1.07. The van der Waals surface area contributed by atoms with Crippen LogP contribution in [-0.2, 0) is 6.54 Å². The number of halogens is 1. The largest absolute Gasteiger partial charge is 0.366 e. The Balaban J connectivity index is 2.31. The van der Waals surface area contributed by atoms with Crippen molar-refractivity contribution in [2.45, 2.75) is 39.3 Å². The number of hydrogen-bond acceptors (Lipinski definition) is 4. The Morgan fingerprint density at radius 1 is 1.58 bits per heavy atom. The minimum absolute atomic E-state index is 0.204. The van der Waals surface area contributed by atoms with Crippen LogP contribution in [0.4, 0.5) is 5.69 Å². The van der Waals surface area contributed by atoms with Gasteiger partial charge < -0.3 is 10.6 Å². The van der Waals surface area contributed by atoms with Crippen molar-refractivity contribution in [1.29, 1.82) is 0 Å². The molecule has 2 rings (SSSR count). The van der Waals surface area contributed by atoms with Crippen molar-refractivity contribution in [3.8, 4) is 0 Å². The number of anilines is 1. The summed E-state index contributed by atoms with van der Waals surface area (Å²) in [6.45, 7) is 6.24. The first-order chi connectivity index (χ1) is 9.08. The molecule has 19 heavy (non-hydrogen) atoms. The highest BCUT2D eigenvalue weighted by Gasteiger charge is 2.30. The molecule has 1 aromatic rings. The molecule has 0 amide bonds. The van der Waals surface area contributed by atoms with Crippen molar-refractivity contribution in [2.75, 3.05) is 18.0 Å². The number of rotatable bonds is 4. The zero-order valence-electron chi connectivity index (χ0n) is 11.5. The van der Waals surface area contributed by atoms with E-state index >= 15 is 0 Å². The van der Waals surface area contributed by atoms with Gasteiger partial charge in [0.2, 0.25) is 0 Å². The fourth-order valence-electron chi connectivity index (χ4n) is 2.68. The summed E-state index contributed by atoms with van der Waals surface area (Å²) >= 11 is 6.22. The van der Waals surface area contributed by atoms with Crippen LogP contribution < -0.4 is 16.2 Å². The molecule has 2 atom stereocenters. The van der Waals surface area contributed by atoms with E-state index in [1.165, 1.54) is 4.68 Å². The van der Waals surface area contributed by atoms with Gasteiger partial charge in [-0.15, -0.1) is 0 Å². The predicted octanol–water partition coefficient (Wildman–Crippen LogP) is 1.48. The Kier molecular flexibility index (Phi) is 4.47. The van der Waals surface area contributed by atoms with Crippen LogP contribution in [0.15, 0.2) is 11.0 Å². The van der Waals surface area contributed by atoms with Crippen LogP contribution in [0.1, 0.15) is 26.7 Å². The van der Waals surface area contributed by atoms with Crippen molar-refractivity contribution < 1.29 is 0 Å². The summed E-state index contributed by atoms with van der Waals surface area (Å²) in [5.74, 6) is 0.462. The summed E-state index contributed by atoms with van der Waals surface area (Å²) in [5.41, 5.74) is 6.26. The summed E-state index contributed by atoms with van der Waals surface area (Å²) in [5, 5.41) is 4.48. The highest BCUT2D eigenvalue weighted by Crippen LogP contribution is 2.31. The van der Waals surface area contributed by atoms with Gasteiger partial charge in [-0.2, -0.15) is 5.10 Å². The van der Waals surface area contributed by atoms with E-state index in [1.54, 1.807) is 6.20 Å². The first-order valence-corrected chi connectivity index (χ1v) is 7.18. The Morgan fingerprint density at radius 2 is 2.32 bits per heavy atom. The zero-order chi connectivity index (χ0) is 14.0. The average molecular weight is 285 g/mol. The Labute approximate surface area is 118 Å². The van der Waals surface area contributed by atoms with Gasteiger partial charge in [0.05, 0.1) is 11.9 Å². The van der Waals surface area contributed by atoms with Crippen molar-refractivity contribution in [3.63, 3.8) is 0 Å². The number of hydrogen-bond donors (Lipinski definition) is 1. The molecule has 1 saturated heterocycles. The second kappa shape index (κ2) is 5.92. The summed E-state index contributed by atoms with van der Waals surface area (Å²) in [6, 6.07) is 0.342. The second-order valence-electron chi connectivity index (χ2n) is 5.21. The number of aryl methyl sites for hydroxylation is 1. The molecule has 0 aliphatic carbocycles. The summed E-state index contributed by atoms with van der Waals surface area (Å²) < 4.78 is 1.42. The third kappa shape index (κ3) is 2.77. The van der Waals surface area contributed by atoms with Crippen molar-refractivity contribution in [3.05, 3.63) is 21.6 Å². The molecule has 0 saturated carbocycles. The Bertz CT molecular complexity index is 502. The van der Waals surface area contributed by atoms with Gasteiger partial charge in [-0.05, 0) is 32.2 Å². The van der Waals surface area contributed by atoms with Crippen LogP contribution >= 0.6 is 11.6 Å². The molecule has 1 aromatic heterocycles. The maximum atomic E-state index is 12.1. The maximum Gasteiger partial charge on any atom is 0.287 e. The molecule has 0 aromatic carbocycles. The van der Waals surface area contributed by atoms with Gasteiger partial charge in [0.15, 0.2) is 0 Å². The van der Waals surface area contributed by atoms with Gasteiger partial charge in [0.25, 0.3) is 5.56 Å². The minimum Gasteiger partial charge on any atom is -0.366 e. The highest BCUT2D eigenvalue weighted by molar-refractivity contribution is 6.33. The lowest BCUT2D eigenvalue weighted by atomic mass is 10.1. The molecule has 1 aliphatic rings. The lowest BCUT2D eigenvalue weighted by Gasteiger charge is -2.24. The van der Waals surface area contributed by atoms with Crippen LogP contribution in [0, 0.1) is 5.92 Å². The van der Waals surface area contributed by atoms with E-state index in [9.17, 15) is 4.79 Å². The standard InChI is InChI=1S/C13H21ClN4O/c1-3-4-18-13(19)12(14)11(7-16-18)17-8-10(6-15)5-9(17)2/h7,9-10H,3-6,8,15H2,1-2H3. The van der Waals surface area contributed by atoms with Gasteiger partial charge >= 0.3 is 0 Å². The van der Waals surface area contributed by atoms with E-state index in [4.69, 9.17) is 17.3 Å². The van der Waals surface area contributed by atoms with Gasteiger partial charge in [0, 0.05) is 19.1 Å². The van der Waals surface area contributed by atoms with Gasteiger partial charge in [-0.1, -0.05) is 18.5 Å². The van der Waals surface area contributed by atoms with E-state index in [2.05, 4.69) is 16.9 Å².